The molecule has 0 bridgehead atoms. The summed E-state index contributed by atoms with van der Waals surface area (Å²) in [5, 5.41) is 8.60. The summed E-state index contributed by atoms with van der Waals surface area (Å²) in [4.78, 5) is 0. The lowest BCUT2D eigenvalue weighted by atomic mass is 10.1. The second kappa shape index (κ2) is 16.9. The SMILES string of the molecule is Cl[Si](Cl)(Cl)CCCCCCCCCC/N=N\CCCCCCn1cccc1. The molecular weight excluding hydrogens is 417 g/mol. The van der Waals surface area contributed by atoms with Gasteiger partial charge < -0.3 is 4.57 Å². The number of rotatable bonds is 18. The van der Waals surface area contributed by atoms with E-state index in [1.807, 2.05) is 0 Å². The molecule has 0 unspecified atom stereocenters. The van der Waals surface area contributed by atoms with E-state index in [2.05, 4.69) is 39.3 Å². The smallest absolute Gasteiger partial charge is 0.341 e. The van der Waals surface area contributed by atoms with Crippen molar-refractivity contribution in [1.29, 1.82) is 0 Å². The van der Waals surface area contributed by atoms with E-state index in [9.17, 15) is 0 Å². The summed E-state index contributed by atoms with van der Waals surface area (Å²) in [6.45, 7) is 2.91. The van der Waals surface area contributed by atoms with Crippen LogP contribution in [0.5, 0.6) is 0 Å². The largest absolute Gasteiger partial charge is 0.354 e. The van der Waals surface area contributed by atoms with Gasteiger partial charge in [0.1, 0.15) is 0 Å². The molecule has 0 N–H and O–H groups in total. The lowest BCUT2D eigenvalue weighted by Gasteiger charge is -2.06. The van der Waals surface area contributed by atoms with Crippen molar-refractivity contribution < 1.29 is 0 Å². The number of aromatic nitrogens is 1. The summed E-state index contributed by atoms with van der Waals surface area (Å²) in [6.07, 6.45) is 19.1. The lowest BCUT2D eigenvalue weighted by molar-refractivity contribution is 0.566. The summed E-state index contributed by atoms with van der Waals surface area (Å²) in [5.74, 6) is 0. The molecule has 0 radical (unpaired) electrons. The third-order valence-corrected chi connectivity index (χ3v) is 7.28. The van der Waals surface area contributed by atoms with Crippen molar-refractivity contribution in [1.82, 2.24) is 4.57 Å². The van der Waals surface area contributed by atoms with Crippen LogP contribution >= 0.6 is 33.2 Å². The molecule has 0 aromatic carbocycles. The van der Waals surface area contributed by atoms with Gasteiger partial charge in [-0.05, 0) is 37.4 Å². The molecule has 0 fully saturated rings. The van der Waals surface area contributed by atoms with Gasteiger partial charge in [0.25, 0.3) is 0 Å². The van der Waals surface area contributed by atoms with Crippen molar-refractivity contribution in [3.05, 3.63) is 24.5 Å². The van der Waals surface area contributed by atoms with Crippen molar-refractivity contribution >= 4 is 39.2 Å². The van der Waals surface area contributed by atoms with Crippen LogP contribution < -0.4 is 0 Å². The molecule has 0 spiro atoms. The highest BCUT2D eigenvalue weighted by atomic mass is 35.8. The first-order chi connectivity index (χ1) is 13.1. The molecule has 0 atom stereocenters. The summed E-state index contributed by atoms with van der Waals surface area (Å²) >= 11 is 17.6. The quantitative estimate of drug-likeness (QED) is 0.0927. The van der Waals surface area contributed by atoms with Gasteiger partial charge in [-0.15, -0.1) is 33.2 Å². The Morgan fingerprint density at radius 1 is 0.593 bits per heavy atom. The molecule has 0 amide bonds. The van der Waals surface area contributed by atoms with Gasteiger partial charge in [0.05, 0.1) is 13.1 Å². The average molecular weight is 453 g/mol. The van der Waals surface area contributed by atoms with Crippen molar-refractivity contribution in [3.63, 3.8) is 0 Å². The first-order valence-corrected chi connectivity index (χ1v) is 15.8. The first kappa shape index (κ1) is 25.0. The highest BCUT2D eigenvalue weighted by Crippen LogP contribution is 2.27. The second-order valence-corrected chi connectivity index (χ2v) is 16.5. The van der Waals surface area contributed by atoms with Crippen molar-refractivity contribution in [2.75, 3.05) is 13.1 Å². The van der Waals surface area contributed by atoms with Crippen LogP contribution in [-0.2, 0) is 6.54 Å². The monoisotopic (exact) mass is 451 g/mol. The van der Waals surface area contributed by atoms with E-state index in [1.165, 1.54) is 64.2 Å². The Kier molecular flexibility index (Phi) is 15.6. The average Bonchev–Trinajstić information content (AvgIpc) is 3.13. The van der Waals surface area contributed by atoms with Crippen LogP contribution in [0.15, 0.2) is 34.8 Å². The van der Waals surface area contributed by atoms with E-state index in [0.717, 1.165) is 38.5 Å². The van der Waals surface area contributed by atoms with E-state index in [1.54, 1.807) is 0 Å². The van der Waals surface area contributed by atoms with Gasteiger partial charge in [-0.2, -0.15) is 10.2 Å². The maximum absolute atomic E-state index is 5.87. The van der Waals surface area contributed by atoms with Gasteiger partial charge in [0.15, 0.2) is 0 Å². The van der Waals surface area contributed by atoms with E-state index in [-0.39, 0.29) is 0 Å². The molecule has 1 aromatic rings. The van der Waals surface area contributed by atoms with E-state index >= 15 is 0 Å². The Hall–Kier alpha value is -0.0331. The molecule has 3 nitrogen and oxygen atoms in total. The first-order valence-electron chi connectivity index (χ1n) is 10.6. The summed E-state index contributed by atoms with van der Waals surface area (Å²) < 4.78 is 2.24. The van der Waals surface area contributed by atoms with Gasteiger partial charge in [0.2, 0.25) is 0 Å². The number of hydrogen-bond acceptors (Lipinski definition) is 2. The Bertz CT molecular complexity index is 462. The molecular formula is C20H36Cl3N3Si. The van der Waals surface area contributed by atoms with Crippen molar-refractivity contribution in [2.24, 2.45) is 10.2 Å². The van der Waals surface area contributed by atoms with Crippen molar-refractivity contribution in [3.8, 4) is 0 Å². The zero-order valence-corrected chi connectivity index (χ0v) is 19.9. The second-order valence-electron chi connectivity index (χ2n) is 7.26. The summed E-state index contributed by atoms with van der Waals surface area (Å²) in [7, 11) is 0. The molecule has 0 aliphatic rings. The minimum Gasteiger partial charge on any atom is -0.354 e. The zero-order chi connectivity index (χ0) is 19.6. The van der Waals surface area contributed by atoms with Crippen molar-refractivity contribution in [2.45, 2.75) is 89.6 Å². The van der Waals surface area contributed by atoms with Crippen LogP contribution in [0.1, 0.15) is 77.0 Å². The zero-order valence-electron chi connectivity index (χ0n) is 16.6. The van der Waals surface area contributed by atoms with Gasteiger partial charge in [-0.1, -0.05) is 57.8 Å². The Morgan fingerprint density at radius 2 is 1.04 bits per heavy atom. The Morgan fingerprint density at radius 3 is 1.56 bits per heavy atom. The van der Waals surface area contributed by atoms with Crippen LogP contribution in [0.4, 0.5) is 0 Å². The van der Waals surface area contributed by atoms with E-state index in [4.69, 9.17) is 33.2 Å². The van der Waals surface area contributed by atoms with Crippen LogP contribution in [0.2, 0.25) is 6.04 Å². The number of halogens is 3. The number of nitrogens with zero attached hydrogens (tertiary/aromatic N) is 3. The molecule has 1 rings (SSSR count). The fourth-order valence-corrected chi connectivity index (χ4v) is 4.91. The molecule has 156 valence electrons. The predicted octanol–water partition coefficient (Wildman–Crippen LogP) is 8.28. The van der Waals surface area contributed by atoms with Crippen LogP contribution in [0.25, 0.3) is 0 Å². The van der Waals surface area contributed by atoms with Crippen LogP contribution in [-0.4, -0.2) is 23.7 Å². The number of unbranched alkanes of at least 4 members (excludes halogenated alkanes) is 10. The molecule has 0 saturated carbocycles. The number of azo groups is 1. The normalized spacial score (nSPS) is 12.3. The fraction of sp³-hybridized carbons (Fsp3) is 0.800. The topological polar surface area (TPSA) is 29.6 Å². The number of hydrogen-bond donors (Lipinski definition) is 0. The van der Waals surface area contributed by atoms with Gasteiger partial charge in [-0.25, -0.2) is 0 Å². The summed E-state index contributed by atoms with van der Waals surface area (Å²) in [5.41, 5.74) is 0. The van der Waals surface area contributed by atoms with Crippen LogP contribution in [0, 0.1) is 0 Å². The highest BCUT2D eigenvalue weighted by molar-refractivity contribution is 7.64. The van der Waals surface area contributed by atoms with Gasteiger partial charge in [-0.3, -0.25) is 0 Å². The molecule has 27 heavy (non-hydrogen) atoms. The molecule has 0 saturated heterocycles. The molecule has 0 aliphatic carbocycles. The van der Waals surface area contributed by atoms with Gasteiger partial charge in [0, 0.05) is 18.9 Å². The summed E-state index contributed by atoms with van der Waals surface area (Å²) in [6, 6.07) is 2.59. The molecule has 1 aromatic heterocycles. The third-order valence-electron chi connectivity index (χ3n) is 4.66. The Labute approximate surface area is 181 Å². The number of aryl methyl sites for hydroxylation is 1. The minimum atomic E-state index is -2.38. The maximum atomic E-state index is 5.87. The molecule has 0 aliphatic heterocycles. The van der Waals surface area contributed by atoms with E-state index < -0.39 is 6.00 Å². The molecule has 7 heteroatoms. The standard InChI is InChI=1S/C20H36Cl3N3Si/c21-27(22,23)20-14-8-4-2-1-3-5-9-15-24-25-16-10-6-7-11-17-26-18-12-13-19-26/h12-13,18-19H,1-11,14-17,20H2/b25-24-. The maximum Gasteiger partial charge on any atom is 0.341 e. The predicted molar refractivity (Wildman–Crippen MR) is 123 cm³/mol. The lowest BCUT2D eigenvalue weighted by Crippen LogP contribution is -2.07. The Balaban J connectivity index is 1.73. The van der Waals surface area contributed by atoms with Gasteiger partial charge >= 0.3 is 6.00 Å². The van der Waals surface area contributed by atoms with E-state index in [0.29, 0.717) is 0 Å². The fourth-order valence-electron chi connectivity index (χ4n) is 3.06. The minimum absolute atomic E-state index is 0.802. The van der Waals surface area contributed by atoms with Crippen LogP contribution in [0.3, 0.4) is 0 Å². The third kappa shape index (κ3) is 17.8. The molecule has 1 heterocycles. The highest BCUT2D eigenvalue weighted by Gasteiger charge is 2.23.